The van der Waals surface area contributed by atoms with Crippen LogP contribution in [-0.2, 0) is 0 Å². The fourth-order valence-electron chi connectivity index (χ4n) is 0.679. The molecule has 0 amide bonds. The SMILES string of the molecule is Cc1sccc1SC(C)S. The second-order valence-electron chi connectivity index (χ2n) is 2.06. The minimum atomic E-state index is 0.397. The number of hydrogen-bond acceptors (Lipinski definition) is 3. The summed E-state index contributed by atoms with van der Waals surface area (Å²) in [6.07, 6.45) is 0. The van der Waals surface area contributed by atoms with Gasteiger partial charge in [0, 0.05) is 14.4 Å². The highest BCUT2D eigenvalue weighted by Gasteiger charge is 2.01. The van der Waals surface area contributed by atoms with Crippen molar-refractivity contribution in [2.45, 2.75) is 23.3 Å². The summed E-state index contributed by atoms with van der Waals surface area (Å²) in [5.74, 6) is 0. The molecule has 3 heteroatoms. The molecule has 0 saturated carbocycles. The number of thiophene rings is 1. The summed E-state index contributed by atoms with van der Waals surface area (Å²) in [6, 6.07) is 2.15. The van der Waals surface area contributed by atoms with Crippen molar-refractivity contribution >= 4 is 35.7 Å². The van der Waals surface area contributed by atoms with Crippen molar-refractivity contribution in [2.75, 3.05) is 0 Å². The van der Waals surface area contributed by atoms with Gasteiger partial charge in [0.05, 0.1) is 0 Å². The van der Waals surface area contributed by atoms with E-state index in [4.69, 9.17) is 0 Å². The van der Waals surface area contributed by atoms with E-state index in [1.54, 1.807) is 23.1 Å². The lowest BCUT2D eigenvalue weighted by Crippen LogP contribution is -1.80. The fourth-order valence-corrected chi connectivity index (χ4v) is 2.67. The van der Waals surface area contributed by atoms with Gasteiger partial charge in [-0.25, -0.2) is 0 Å². The van der Waals surface area contributed by atoms with Crippen molar-refractivity contribution in [3.63, 3.8) is 0 Å². The Balaban J connectivity index is 2.65. The quantitative estimate of drug-likeness (QED) is 0.423. The van der Waals surface area contributed by atoms with Crippen LogP contribution in [0.25, 0.3) is 0 Å². The van der Waals surface area contributed by atoms with Crippen molar-refractivity contribution in [2.24, 2.45) is 0 Å². The largest absolute Gasteiger partial charge is 0.165 e. The third-order valence-corrected chi connectivity index (χ3v) is 3.44. The van der Waals surface area contributed by atoms with Crippen LogP contribution in [0, 0.1) is 6.92 Å². The summed E-state index contributed by atoms with van der Waals surface area (Å²) in [4.78, 5) is 2.76. The molecular formula is C7H10S3. The summed E-state index contributed by atoms with van der Waals surface area (Å²) < 4.78 is 0.397. The zero-order valence-corrected chi connectivity index (χ0v) is 8.52. The topological polar surface area (TPSA) is 0 Å². The van der Waals surface area contributed by atoms with Crippen molar-refractivity contribution in [1.82, 2.24) is 0 Å². The van der Waals surface area contributed by atoms with Crippen molar-refractivity contribution in [3.8, 4) is 0 Å². The molecule has 0 aliphatic carbocycles. The van der Waals surface area contributed by atoms with Crippen LogP contribution >= 0.6 is 35.7 Å². The predicted octanol–water partition coefficient (Wildman–Crippen LogP) is 3.42. The predicted molar refractivity (Wildman–Crippen MR) is 53.4 cm³/mol. The fraction of sp³-hybridized carbons (Fsp3) is 0.429. The molecule has 0 nitrogen and oxygen atoms in total. The van der Waals surface area contributed by atoms with E-state index in [2.05, 4.69) is 37.9 Å². The van der Waals surface area contributed by atoms with Crippen LogP contribution in [0.5, 0.6) is 0 Å². The van der Waals surface area contributed by atoms with Crippen LogP contribution < -0.4 is 0 Å². The molecule has 10 heavy (non-hydrogen) atoms. The van der Waals surface area contributed by atoms with E-state index in [0.29, 0.717) is 4.58 Å². The molecule has 0 aliphatic heterocycles. The Morgan fingerprint density at radius 3 is 2.80 bits per heavy atom. The number of rotatable bonds is 2. The molecule has 0 bridgehead atoms. The van der Waals surface area contributed by atoms with E-state index in [9.17, 15) is 0 Å². The highest BCUT2D eigenvalue weighted by molar-refractivity contribution is 8.10. The maximum absolute atomic E-state index is 4.30. The van der Waals surface area contributed by atoms with Gasteiger partial charge in [-0.3, -0.25) is 0 Å². The first-order valence-corrected chi connectivity index (χ1v) is 5.36. The van der Waals surface area contributed by atoms with Crippen LogP contribution in [0.15, 0.2) is 16.3 Å². The average Bonchev–Trinajstić information content (AvgIpc) is 2.15. The minimum absolute atomic E-state index is 0.397. The molecule has 0 saturated heterocycles. The van der Waals surface area contributed by atoms with Gasteiger partial charge in [-0.05, 0) is 25.3 Å². The van der Waals surface area contributed by atoms with E-state index in [0.717, 1.165) is 0 Å². The maximum atomic E-state index is 4.30. The lowest BCUT2D eigenvalue weighted by molar-refractivity contribution is 1.37. The molecule has 0 radical (unpaired) electrons. The van der Waals surface area contributed by atoms with Gasteiger partial charge in [0.15, 0.2) is 0 Å². The van der Waals surface area contributed by atoms with Gasteiger partial charge in [-0.1, -0.05) is 0 Å². The van der Waals surface area contributed by atoms with E-state index in [-0.39, 0.29) is 0 Å². The molecule has 0 aromatic carbocycles. The van der Waals surface area contributed by atoms with Gasteiger partial charge < -0.3 is 0 Å². The monoisotopic (exact) mass is 190 g/mol. The van der Waals surface area contributed by atoms with E-state index in [1.165, 1.54) is 9.77 Å². The second kappa shape index (κ2) is 3.69. The van der Waals surface area contributed by atoms with Crippen LogP contribution in [0.4, 0.5) is 0 Å². The van der Waals surface area contributed by atoms with Crippen molar-refractivity contribution in [1.29, 1.82) is 0 Å². The lowest BCUT2D eigenvalue weighted by atomic mass is 10.5. The summed E-state index contributed by atoms with van der Waals surface area (Å²) in [7, 11) is 0. The van der Waals surface area contributed by atoms with Crippen LogP contribution in [0.3, 0.4) is 0 Å². The molecule has 0 spiro atoms. The van der Waals surface area contributed by atoms with Gasteiger partial charge in [-0.15, -0.1) is 23.1 Å². The molecule has 1 unspecified atom stereocenters. The van der Waals surface area contributed by atoms with Crippen LogP contribution in [0.2, 0.25) is 0 Å². The minimum Gasteiger partial charge on any atom is -0.165 e. The maximum Gasteiger partial charge on any atom is 0.0491 e. The number of thiol groups is 1. The molecule has 0 fully saturated rings. The zero-order chi connectivity index (χ0) is 7.56. The Hall–Kier alpha value is 0.400. The Morgan fingerprint density at radius 2 is 2.40 bits per heavy atom. The third kappa shape index (κ3) is 2.22. The molecule has 1 rings (SSSR count). The smallest absolute Gasteiger partial charge is 0.0491 e. The van der Waals surface area contributed by atoms with E-state index < -0.39 is 0 Å². The number of aryl methyl sites for hydroxylation is 1. The summed E-state index contributed by atoms with van der Waals surface area (Å²) in [5, 5.41) is 2.12. The van der Waals surface area contributed by atoms with Gasteiger partial charge in [-0.2, -0.15) is 12.6 Å². The van der Waals surface area contributed by atoms with Gasteiger partial charge in [0.25, 0.3) is 0 Å². The third-order valence-electron chi connectivity index (χ3n) is 1.11. The zero-order valence-electron chi connectivity index (χ0n) is 6.00. The average molecular weight is 190 g/mol. The highest BCUT2D eigenvalue weighted by atomic mass is 32.2. The molecule has 1 aromatic heterocycles. The van der Waals surface area contributed by atoms with Crippen molar-refractivity contribution in [3.05, 3.63) is 16.3 Å². The lowest BCUT2D eigenvalue weighted by Gasteiger charge is -2.01. The molecule has 0 N–H and O–H groups in total. The van der Waals surface area contributed by atoms with E-state index >= 15 is 0 Å². The van der Waals surface area contributed by atoms with Gasteiger partial charge in [0.1, 0.15) is 0 Å². The Morgan fingerprint density at radius 1 is 1.70 bits per heavy atom. The normalized spacial score (nSPS) is 13.5. The molecule has 1 heterocycles. The summed E-state index contributed by atoms with van der Waals surface area (Å²) in [6.45, 7) is 4.23. The second-order valence-corrected chi connectivity index (χ2v) is 5.69. The first kappa shape index (κ1) is 8.50. The van der Waals surface area contributed by atoms with Crippen LogP contribution in [-0.4, -0.2) is 4.58 Å². The molecular weight excluding hydrogens is 180 g/mol. The van der Waals surface area contributed by atoms with Gasteiger partial charge >= 0.3 is 0 Å². The van der Waals surface area contributed by atoms with E-state index in [1.807, 2.05) is 0 Å². The van der Waals surface area contributed by atoms with Gasteiger partial charge in [0.2, 0.25) is 0 Å². The number of thioether (sulfide) groups is 1. The Bertz CT molecular complexity index is 202. The molecule has 1 atom stereocenters. The first-order valence-electron chi connectivity index (χ1n) is 3.09. The Labute approximate surface area is 75.4 Å². The molecule has 1 aromatic rings. The van der Waals surface area contributed by atoms with Crippen molar-refractivity contribution < 1.29 is 0 Å². The highest BCUT2D eigenvalue weighted by Crippen LogP contribution is 2.30. The number of hydrogen-bond donors (Lipinski definition) is 1. The first-order chi connectivity index (χ1) is 4.70. The standard InChI is InChI=1S/C7H10S3/c1-5-7(3-4-9-5)10-6(2)8/h3-4,6,8H,1-2H3. The van der Waals surface area contributed by atoms with Crippen LogP contribution in [0.1, 0.15) is 11.8 Å². The summed E-state index contributed by atoms with van der Waals surface area (Å²) >= 11 is 7.90. The Kier molecular flexibility index (Phi) is 3.14. The summed E-state index contributed by atoms with van der Waals surface area (Å²) in [5.41, 5.74) is 0. The molecule has 0 aliphatic rings. The molecule has 56 valence electrons.